The van der Waals surface area contributed by atoms with E-state index in [1.165, 1.54) is 3.97 Å². The molecule has 7 nitrogen and oxygen atoms in total. The lowest BCUT2D eigenvalue weighted by molar-refractivity contribution is 0.0546. The molecule has 0 aliphatic carbocycles. The number of aliphatic hydroxyl groups is 1. The van der Waals surface area contributed by atoms with Gasteiger partial charge in [-0.2, -0.15) is 0 Å². The monoisotopic (exact) mass is 405 g/mol. The summed E-state index contributed by atoms with van der Waals surface area (Å²) in [5.41, 5.74) is 3.09. The molecule has 1 fully saturated rings. The Kier molecular flexibility index (Phi) is 4.97. The van der Waals surface area contributed by atoms with Crippen molar-refractivity contribution >= 4 is 26.8 Å². The van der Waals surface area contributed by atoms with Crippen molar-refractivity contribution < 1.29 is 18.3 Å². The summed E-state index contributed by atoms with van der Waals surface area (Å²) in [4.78, 5) is 16.9. The average molecular weight is 406 g/mol. The van der Waals surface area contributed by atoms with Gasteiger partial charge in [0.15, 0.2) is 0 Å². The van der Waals surface area contributed by atoms with E-state index in [1.807, 2.05) is 13.1 Å². The number of aromatic nitrogens is 1. The van der Waals surface area contributed by atoms with Crippen LogP contribution in [0.4, 0.5) is 0 Å². The van der Waals surface area contributed by atoms with Gasteiger partial charge in [0.1, 0.15) is 0 Å². The first-order valence-corrected chi connectivity index (χ1v) is 11.5. The first-order valence-electron chi connectivity index (χ1n) is 9.87. The maximum atomic E-state index is 13.0. The lowest BCUT2D eigenvalue weighted by Crippen LogP contribution is -2.40. The molecule has 1 aromatic carbocycles. The summed E-state index contributed by atoms with van der Waals surface area (Å²) in [6, 6.07) is 5.35. The number of carbonyl (C=O) groups is 1. The number of carbonyl (C=O) groups excluding carboxylic acids is 1. The third-order valence-electron chi connectivity index (χ3n) is 5.93. The minimum absolute atomic E-state index is 0.0375. The highest BCUT2D eigenvalue weighted by molar-refractivity contribution is 7.90. The SMILES string of the molecule is CCS(=O)(=O)n1c2c(c3cc(C(=O)N4CCC(O)CC4)ccc31)CN(C)CC2. The Labute approximate surface area is 165 Å². The van der Waals surface area contributed by atoms with Crippen LogP contribution in [-0.4, -0.2) is 71.7 Å². The van der Waals surface area contributed by atoms with E-state index in [-0.39, 0.29) is 17.8 Å². The number of amides is 1. The molecular weight excluding hydrogens is 378 g/mol. The van der Waals surface area contributed by atoms with E-state index < -0.39 is 10.0 Å². The van der Waals surface area contributed by atoms with Crippen molar-refractivity contribution in [3.63, 3.8) is 0 Å². The van der Waals surface area contributed by atoms with Gasteiger partial charge in [-0.15, -0.1) is 0 Å². The van der Waals surface area contributed by atoms with Gasteiger partial charge in [-0.1, -0.05) is 0 Å². The number of fused-ring (bicyclic) bond motifs is 3. The molecule has 2 aromatic rings. The molecule has 0 atom stereocenters. The third kappa shape index (κ3) is 3.23. The fourth-order valence-corrected chi connectivity index (χ4v) is 5.54. The Morgan fingerprint density at radius 3 is 2.61 bits per heavy atom. The number of aliphatic hydroxyl groups excluding tert-OH is 1. The van der Waals surface area contributed by atoms with Crippen LogP contribution >= 0.6 is 0 Å². The molecule has 2 aliphatic rings. The molecule has 8 heteroatoms. The zero-order valence-electron chi connectivity index (χ0n) is 16.4. The molecule has 0 saturated carbocycles. The fraction of sp³-hybridized carbons (Fsp3) is 0.550. The van der Waals surface area contributed by atoms with Crippen molar-refractivity contribution in [1.82, 2.24) is 13.8 Å². The van der Waals surface area contributed by atoms with Crippen LogP contribution in [-0.2, 0) is 23.0 Å². The van der Waals surface area contributed by atoms with E-state index >= 15 is 0 Å². The Bertz CT molecular complexity index is 1020. The summed E-state index contributed by atoms with van der Waals surface area (Å²) in [6.07, 6.45) is 1.54. The van der Waals surface area contributed by atoms with E-state index in [0.717, 1.165) is 23.2 Å². The van der Waals surface area contributed by atoms with Gasteiger partial charge in [0, 0.05) is 49.2 Å². The van der Waals surface area contributed by atoms with E-state index in [0.29, 0.717) is 50.0 Å². The van der Waals surface area contributed by atoms with Crippen LogP contribution in [0.15, 0.2) is 18.2 Å². The average Bonchev–Trinajstić information content (AvgIpc) is 3.01. The van der Waals surface area contributed by atoms with Crippen molar-refractivity contribution in [1.29, 1.82) is 0 Å². The Morgan fingerprint density at radius 1 is 1.21 bits per heavy atom. The molecule has 2 aliphatic heterocycles. The molecule has 0 radical (unpaired) electrons. The molecule has 0 spiro atoms. The highest BCUT2D eigenvalue weighted by atomic mass is 32.2. The van der Waals surface area contributed by atoms with Gasteiger partial charge >= 0.3 is 0 Å². The van der Waals surface area contributed by atoms with E-state index in [9.17, 15) is 18.3 Å². The molecule has 28 heavy (non-hydrogen) atoms. The topological polar surface area (TPSA) is 82.8 Å². The number of likely N-dealkylation sites (tertiary alicyclic amines) is 1. The van der Waals surface area contributed by atoms with Crippen molar-refractivity contribution in [2.45, 2.75) is 38.8 Å². The second kappa shape index (κ2) is 7.17. The van der Waals surface area contributed by atoms with E-state index in [4.69, 9.17) is 0 Å². The van der Waals surface area contributed by atoms with Crippen LogP contribution in [0.3, 0.4) is 0 Å². The van der Waals surface area contributed by atoms with Crippen LogP contribution in [0.2, 0.25) is 0 Å². The summed E-state index contributed by atoms with van der Waals surface area (Å²) < 4.78 is 27.1. The maximum absolute atomic E-state index is 13.0. The minimum Gasteiger partial charge on any atom is -0.393 e. The van der Waals surface area contributed by atoms with E-state index in [1.54, 1.807) is 24.0 Å². The highest BCUT2D eigenvalue weighted by Gasteiger charge is 2.29. The smallest absolute Gasteiger partial charge is 0.253 e. The number of nitrogens with zero attached hydrogens (tertiary/aromatic N) is 3. The van der Waals surface area contributed by atoms with Crippen LogP contribution in [0.5, 0.6) is 0 Å². The van der Waals surface area contributed by atoms with Gasteiger partial charge in [-0.3, -0.25) is 4.79 Å². The van der Waals surface area contributed by atoms with Crippen LogP contribution in [0.25, 0.3) is 10.9 Å². The molecular formula is C20H27N3O4S. The summed E-state index contributed by atoms with van der Waals surface area (Å²) in [6.45, 7) is 4.23. The lowest BCUT2D eigenvalue weighted by Gasteiger charge is -2.29. The second-order valence-electron chi connectivity index (χ2n) is 7.83. The number of hydrogen-bond acceptors (Lipinski definition) is 5. The summed E-state index contributed by atoms with van der Waals surface area (Å²) >= 11 is 0. The van der Waals surface area contributed by atoms with Gasteiger partial charge in [-0.05, 0) is 50.6 Å². The summed E-state index contributed by atoms with van der Waals surface area (Å²) in [5.74, 6) is -0.0200. The fourth-order valence-electron chi connectivity index (χ4n) is 4.28. The largest absolute Gasteiger partial charge is 0.393 e. The van der Waals surface area contributed by atoms with Gasteiger partial charge in [-0.25, -0.2) is 12.4 Å². The molecule has 1 N–H and O–H groups in total. The molecule has 3 heterocycles. The maximum Gasteiger partial charge on any atom is 0.253 e. The zero-order chi connectivity index (χ0) is 20.1. The molecule has 1 saturated heterocycles. The number of hydrogen-bond donors (Lipinski definition) is 1. The van der Waals surface area contributed by atoms with Gasteiger partial charge in [0.25, 0.3) is 5.91 Å². The summed E-state index contributed by atoms with van der Waals surface area (Å²) in [5, 5.41) is 10.5. The molecule has 0 bridgehead atoms. The number of piperidine rings is 1. The standard InChI is InChI=1S/C20H27N3O4S/c1-3-28(26,27)23-18-5-4-14(20(25)22-10-6-15(24)7-11-22)12-16(18)17-13-21(2)9-8-19(17)23/h4-5,12,15,24H,3,6-11,13H2,1-2H3. The lowest BCUT2D eigenvalue weighted by atomic mass is 10.0. The predicted molar refractivity (Wildman–Crippen MR) is 108 cm³/mol. The second-order valence-corrected chi connectivity index (χ2v) is 9.94. The molecule has 0 unspecified atom stereocenters. The van der Waals surface area contributed by atoms with Crippen LogP contribution in [0, 0.1) is 0 Å². The Balaban J connectivity index is 1.81. The predicted octanol–water partition coefficient (Wildman–Crippen LogP) is 1.42. The van der Waals surface area contributed by atoms with Crippen molar-refractivity contribution in [3.05, 3.63) is 35.0 Å². The third-order valence-corrected chi connectivity index (χ3v) is 7.64. The molecule has 152 valence electrons. The normalized spacial score (nSPS) is 19.2. The Morgan fingerprint density at radius 2 is 1.93 bits per heavy atom. The molecule has 4 rings (SSSR count). The molecule has 1 aromatic heterocycles. The van der Waals surface area contributed by atoms with Crippen LogP contribution < -0.4 is 0 Å². The van der Waals surface area contributed by atoms with Crippen molar-refractivity contribution in [3.8, 4) is 0 Å². The highest BCUT2D eigenvalue weighted by Crippen LogP contribution is 2.33. The van der Waals surface area contributed by atoms with Gasteiger partial charge in [0.05, 0.1) is 17.4 Å². The first kappa shape index (κ1) is 19.4. The zero-order valence-corrected chi connectivity index (χ0v) is 17.2. The number of benzene rings is 1. The van der Waals surface area contributed by atoms with Crippen molar-refractivity contribution in [2.24, 2.45) is 0 Å². The number of rotatable bonds is 3. The Hall–Kier alpha value is -1.90. The minimum atomic E-state index is -3.43. The van der Waals surface area contributed by atoms with Crippen LogP contribution in [0.1, 0.15) is 41.4 Å². The quantitative estimate of drug-likeness (QED) is 0.835. The van der Waals surface area contributed by atoms with Gasteiger partial charge < -0.3 is 14.9 Å². The number of likely N-dealkylation sites (N-methyl/N-ethyl adjacent to an activating group) is 1. The van der Waals surface area contributed by atoms with E-state index in [2.05, 4.69) is 4.90 Å². The van der Waals surface area contributed by atoms with Crippen molar-refractivity contribution in [2.75, 3.05) is 32.4 Å². The summed E-state index contributed by atoms with van der Waals surface area (Å²) in [7, 11) is -1.40. The first-order chi connectivity index (χ1) is 13.3. The van der Waals surface area contributed by atoms with Gasteiger partial charge in [0.2, 0.25) is 10.0 Å². The molecule has 1 amide bonds.